The summed E-state index contributed by atoms with van der Waals surface area (Å²) in [5, 5.41) is 6.77. The van der Waals surface area contributed by atoms with E-state index in [9.17, 15) is 14.0 Å². The van der Waals surface area contributed by atoms with Gasteiger partial charge in [0.1, 0.15) is 6.17 Å². The minimum Gasteiger partial charge on any atom is -0.352 e. The quantitative estimate of drug-likeness (QED) is 0.658. The van der Waals surface area contributed by atoms with Crippen molar-refractivity contribution in [3.63, 3.8) is 0 Å². The Morgan fingerprint density at radius 1 is 1.06 bits per heavy atom. The number of piperazine rings is 1. The lowest BCUT2D eigenvalue weighted by atomic mass is 9.77. The fourth-order valence-electron chi connectivity index (χ4n) is 6.35. The van der Waals surface area contributed by atoms with Crippen LogP contribution in [-0.2, 0) is 9.59 Å². The summed E-state index contributed by atoms with van der Waals surface area (Å²) in [6.07, 6.45) is 5.73. The lowest BCUT2D eigenvalue weighted by Gasteiger charge is -2.42. The van der Waals surface area contributed by atoms with Gasteiger partial charge in [-0.2, -0.15) is 0 Å². The van der Waals surface area contributed by atoms with Crippen LogP contribution in [0.4, 0.5) is 4.39 Å². The zero-order chi connectivity index (χ0) is 22.8. The largest absolute Gasteiger partial charge is 0.352 e. The first-order valence-electron chi connectivity index (χ1n) is 12.7. The van der Waals surface area contributed by atoms with Crippen molar-refractivity contribution >= 4 is 11.8 Å². The number of nitrogens with zero attached hydrogens (tertiary/aromatic N) is 3. The summed E-state index contributed by atoms with van der Waals surface area (Å²) in [6.45, 7) is 6.48. The second kappa shape index (κ2) is 10.3. The van der Waals surface area contributed by atoms with Gasteiger partial charge in [0.15, 0.2) is 0 Å². The normalized spacial score (nSPS) is 38.8. The van der Waals surface area contributed by atoms with Gasteiger partial charge in [-0.15, -0.1) is 0 Å². The average Bonchev–Trinajstić information content (AvgIpc) is 3.24. The molecule has 4 aliphatic rings. The number of likely N-dealkylation sites (N-methyl/N-ethyl adjacent to an activating group) is 1. The second-order valence-corrected chi connectivity index (χ2v) is 10.8. The van der Waals surface area contributed by atoms with Crippen molar-refractivity contribution in [1.29, 1.82) is 0 Å². The summed E-state index contributed by atoms with van der Waals surface area (Å²) in [4.78, 5) is 31.4. The fraction of sp³-hybridized carbons (Fsp3) is 0.917. The molecule has 2 saturated heterocycles. The Balaban J connectivity index is 1.23. The Bertz CT molecular complexity index is 651. The molecule has 4 fully saturated rings. The summed E-state index contributed by atoms with van der Waals surface area (Å²) in [5.41, 5.74) is 0. The first-order chi connectivity index (χ1) is 15.3. The van der Waals surface area contributed by atoms with E-state index in [-0.39, 0.29) is 35.9 Å². The molecule has 2 saturated carbocycles. The Morgan fingerprint density at radius 2 is 1.81 bits per heavy atom. The number of fused-ring (bicyclic) bond motifs is 1. The zero-order valence-corrected chi connectivity index (χ0v) is 20.1. The highest BCUT2D eigenvalue weighted by Gasteiger charge is 2.46. The minimum atomic E-state index is -0.771. The van der Waals surface area contributed by atoms with Gasteiger partial charge < -0.3 is 15.5 Å². The number of rotatable bonds is 5. The van der Waals surface area contributed by atoms with Gasteiger partial charge in [0.25, 0.3) is 0 Å². The molecule has 2 heterocycles. The Kier molecular flexibility index (Phi) is 7.73. The maximum atomic E-state index is 14.4. The third kappa shape index (κ3) is 5.45. The van der Waals surface area contributed by atoms with Crippen LogP contribution in [0.3, 0.4) is 0 Å². The van der Waals surface area contributed by atoms with Crippen molar-refractivity contribution in [2.75, 3.05) is 46.8 Å². The number of carbonyl (C=O) groups is 2. The molecule has 182 valence electrons. The summed E-state index contributed by atoms with van der Waals surface area (Å²) in [5.74, 6) is 0.657. The van der Waals surface area contributed by atoms with Gasteiger partial charge in [-0.25, -0.2) is 4.39 Å². The molecule has 0 aromatic heterocycles. The van der Waals surface area contributed by atoms with Crippen LogP contribution in [0, 0.1) is 11.8 Å². The first-order valence-corrected chi connectivity index (χ1v) is 12.7. The molecule has 2 amide bonds. The standard InChI is InChI=1S/C24H42FN5O2/c1-16-7-8-20(25)19-14-21(27-23(16)19)24(32)26-17-5-4-6-18(13-17)30-11-9-29(10-12-30)15-22(31)28(2)3/h16-21,23,27H,4-15H2,1-3H3,(H,26,32)/t16?,17-,18?,19?,20?,21?,23?/m1/s1. The van der Waals surface area contributed by atoms with Gasteiger partial charge in [0, 0.05) is 64.3 Å². The molecule has 0 radical (unpaired) electrons. The van der Waals surface area contributed by atoms with Gasteiger partial charge in [0.2, 0.25) is 11.8 Å². The molecule has 0 aromatic carbocycles. The summed E-state index contributed by atoms with van der Waals surface area (Å²) >= 11 is 0. The molecule has 0 spiro atoms. The molecule has 0 bridgehead atoms. The van der Waals surface area contributed by atoms with Crippen molar-refractivity contribution < 1.29 is 14.0 Å². The highest BCUT2D eigenvalue weighted by atomic mass is 19.1. The number of hydrogen-bond donors (Lipinski definition) is 2. The van der Waals surface area contributed by atoms with E-state index in [1.165, 1.54) is 6.42 Å². The summed E-state index contributed by atoms with van der Waals surface area (Å²) in [7, 11) is 3.61. The maximum absolute atomic E-state index is 14.4. The van der Waals surface area contributed by atoms with Crippen LogP contribution < -0.4 is 10.6 Å². The van der Waals surface area contributed by atoms with Gasteiger partial charge in [-0.1, -0.05) is 6.92 Å². The van der Waals surface area contributed by atoms with Crippen molar-refractivity contribution in [2.45, 2.75) is 82.2 Å². The zero-order valence-electron chi connectivity index (χ0n) is 20.1. The predicted molar refractivity (Wildman–Crippen MR) is 123 cm³/mol. The molecule has 8 heteroatoms. The lowest BCUT2D eigenvalue weighted by Crippen LogP contribution is -2.55. The third-order valence-corrected chi connectivity index (χ3v) is 8.43. The molecule has 2 aliphatic carbocycles. The van der Waals surface area contributed by atoms with Crippen molar-refractivity contribution in [1.82, 2.24) is 25.3 Å². The SMILES string of the molecule is CC1CCC(F)C2CC(C(=O)N[C@@H]3CCCC(N4CCN(CC(=O)N(C)C)CC4)C3)NC12. The van der Waals surface area contributed by atoms with E-state index < -0.39 is 6.17 Å². The van der Waals surface area contributed by atoms with Crippen molar-refractivity contribution in [2.24, 2.45) is 11.8 Å². The molecule has 32 heavy (non-hydrogen) atoms. The molecular weight excluding hydrogens is 409 g/mol. The molecule has 2 aliphatic heterocycles. The number of carbonyl (C=O) groups excluding carboxylic acids is 2. The van der Waals surface area contributed by atoms with E-state index in [2.05, 4.69) is 27.4 Å². The van der Waals surface area contributed by atoms with E-state index in [1.54, 1.807) is 19.0 Å². The minimum absolute atomic E-state index is 0.00993. The van der Waals surface area contributed by atoms with Crippen LogP contribution >= 0.6 is 0 Å². The second-order valence-electron chi connectivity index (χ2n) is 10.8. The smallest absolute Gasteiger partial charge is 0.237 e. The number of amides is 2. The van der Waals surface area contributed by atoms with Crippen LogP contribution in [0.1, 0.15) is 51.9 Å². The topological polar surface area (TPSA) is 67.9 Å². The number of hydrogen-bond acceptors (Lipinski definition) is 5. The predicted octanol–water partition coefficient (Wildman–Crippen LogP) is 1.23. The van der Waals surface area contributed by atoms with Gasteiger partial charge in [-0.3, -0.25) is 19.4 Å². The Morgan fingerprint density at radius 3 is 2.50 bits per heavy atom. The molecule has 4 rings (SSSR count). The van der Waals surface area contributed by atoms with Gasteiger partial charge in [-0.05, 0) is 50.9 Å². The van der Waals surface area contributed by atoms with Crippen LogP contribution in [0.15, 0.2) is 0 Å². The van der Waals surface area contributed by atoms with E-state index in [0.717, 1.165) is 51.9 Å². The van der Waals surface area contributed by atoms with Gasteiger partial charge in [0.05, 0.1) is 12.6 Å². The third-order valence-electron chi connectivity index (χ3n) is 8.43. The van der Waals surface area contributed by atoms with Crippen molar-refractivity contribution in [3.05, 3.63) is 0 Å². The van der Waals surface area contributed by atoms with E-state index in [4.69, 9.17) is 0 Å². The Labute approximate surface area is 192 Å². The van der Waals surface area contributed by atoms with Gasteiger partial charge >= 0.3 is 0 Å². The average molecular weight is 452 g/mol. The summed E-state index contributed by atoms with van der Waals surface area (Å²) < 4.78 is 14.4. The van der Waals surface area contributed by atoms with E-state index >= 15 is 0 Å². The number of nitrogens with one attached hydrogen (secondary N) is 2. The molecule has 0 aromatic rings. The van der Waals surface area contributed by atoms with E-state index in [0.29, 0.717) is 31.3 Å². The lowest BCUT2D eigenvalue weighted by molar-refractivity contribution is -0.130. The maximum Gasteiger partial charge on any atom is 0.237 e. The van der Waals surface area contributed by atoms with Crippen LogP contribution in [-0.4, -0.2) is 104 Å². The van der Waals surface area contributed by atoms with Crippen LogP contribution in [0.2, 0.25) is 0 Å². The number of alkyl halides is 1. The van der Waals surface area contributed by atoms with Crippen LogP contribution in [0.5, 0.6) is 0 Å². The Hall–Kier alpha value is -1.25. The van der Waals surface area contributed by atoms with Crippen molar-refractivity contribution in [3.8, 4) is 0 Å². The molecule has 2 N–H and O–H groups in total. The van der Waals surface area contributed by atoms with Crippen LogP contribution in [0.25, 0.3) is 0 Å². The molecular formula is C24H42FN5O2. The van der Waals surface area contributed by atoms with E-state index in [1.807, 2.05) is 0 Å². The highest BCUT2D eigenvalue weighted by Crippen LogP contribution is 2.38. The number of halogens is 1. The molecule has 7 atom stereocenters. The highest BCUT2D eigenvalue weighted by molar-refractivity contribution is 5.82. The first kappa shape index (κ1) is 23.9. The fourth-order valence-corrected chi connectivity index (χ4v) is 6.35. The molecule has 7 nitrogen and oxygen atoms in total. The summed E-state index contributed by atoms with van der Waals surface area (Å²) in [6, 6.07) is 0.596. The molecule has 6 unspecified atom stereocenters. The monoisotopic (exact) mass is 451 g/mol.